The SMILES string of the molecule is CCCCC(CCc1cccc2c1CCc1sc(NC(=O)c3cc(Cl)c(/C=C(\OC)C(=O)O)c(Cl)c3)nc1-2)OC. The first kappa shape index (κ1) is 30.1. The molecule has 2 aromatic carbocycles. The first-order valence-electron chi connectivity index (χ1n) is 13.2. The number of methoxy groups -OCH3 is 2. The molecule has 1 unspecified atom stereocenters. The van der Waals surface area contributed by atoms with Crippen molar-refractivity contribution in [2.24, 2.45) is 0 Å². The second-order valence-corrected chi connectivity index (χ2v) is 11.5. The molecular formula is C30H32Cl2N2O5S. The first-order chi connectivity index (χ1) is 19.2. The third-order valence-corrected chi connectivity index (χ3v) is 8.70. The van der Waals surface area contributed by atoms with E-state index in [1.807, 2.05) is 0 Å². The predicted molar refractivity (Wildman–Crippen MR) is 161 cm³/mol. The Bertz CT molecular complexity index is 1410. The second-order valence-electron chi connectivity index (χ2n) is 9.60. The number of aromatic nitrogens is 1. The highest BCUT2D eigenvalue weighted by atomic mass is 35.5. The van der Waals surface area contributed by atoms with E-state index in [1.54, 1.807) is 7.11 Å². The van der Waals surface area contributed by atoms with Gasteiger partial charge in [0, 0.05) is 28.7 Å². The molecule has 1 aromatic heterocycles. The van der Waals surface area contributed by atoms with Gasteiger partial charge in [-0.15, -0.1) is 11.3 Å². The molecule has 0 radical (unpaired) electrons. The minimum Gasteiger partial charge on any atom is -0.490 e. The highest BCUT2D eigenvalue weighted by Gasteiger charge is 2.24. The number of nitrogens with one attached hydrogen (secondary N) is 1. The number of nitrogens with zero attached hydrogens (tertiary/aromatic N) is 1. The van der Waals surface area contributed by atoms with Crippen LogP contribution in [0.15, 0.2) is 36.1 Å². The summed E-state index contributed by atoms with van der Waals surface area (Å²) < 4.78 is 10.6. The smallest absolute Gasteiger partial charge is 0.371 e. The van der Waals surface area contributed by atoms with Crippen LogP contribution in [0.5, 0.6) is 0 Å². The molecule has 212 valence electrons. The van der Waals surface area contributed by atoms with E-state index in [1.165, 1.54) is 54.2 Å². The Morgan fingerprint density at radius 2 is 1.93 bits per heavy atom. The van der Waals surface area contributed by atoms with Gasteiger partial charge in [0.05, 0.1) is 29.0 Å². The van der Waals surface area contributed by atoms with E-state index in [-0.39, 0.29) is 33.0 Å². The molecule has 0 fully saturated rings. The maximum absolute atomic E-state index is 13.1. The average Bonchev–Trinajstić information content (AvgIpc) is 3.35. The number of carbonyl (C=O) groups excluding carboxylic acids is 1. The van der Waals surface area contributed by atoms with E-state index in [0.29, 0.717) is 5.13 Å². The number of carbonyl (C=O) groups is 2. The number of aliphatic carboxylic acids is 1. The molecule has 40 heavy (non-hydrogen) atoms. The van der Waals surface area contributed by atoms with Crippen molar-refractivity contribution in [1.82, 2.24) is 4.98 Å². The molecule has 4 rings (SSSR count). The van der Waals surface area contributed by atoms with E-state index in [9.17, 15) is 14.7 Å². The van der Waals surface area contributed by atoms with E-state index in [2.05, 4.69) is 30.4 Å². The monoisotopic (exact) mass is 602 g/mol. The van der Waals surface area contributed by atoms with Crippen LogP contribution < -0.4 is 5.32 Å². The number of carboxylic acids is 1. The molecule has 3 aromatic rings. The number of aryl methyl sites for hydroxylation is 2. The van der Waals surface area contributed by atoms with Crippen molar-refractivity contribution in [2.45, 2.75) is 58.0 Å². The Balaban J connectivity index is 1.52. The van der Waals surface area contributed by atoms with Gasteiger partial charge in [0.25, 0.3) is 5.91 Å². The Morgan fingerprint density at radius 1 is 1.18 bits per heavy atom. The molecule has 0 bridgehead atoms. The zero-order valence-corrected chi connectivity index (χ0v) is 25.0. The molecule has 1 amide bonds. The van der Waals surface area contributed by atoms with Crippen LogP contribution in [-0.2, 0) is 33.5 Å². The molecule has 1 aliphatic rings. The molecular weight excluding hydrogens is 571 g/mol. The van der Waals surface area contributed by atoms with Crippen molar-refractivity contribution in [2.75, 3.05) is 19.5 Å². The number of unbranched alkanes of at least 4 members (excludes halogenated alkanes) is 1. The molecule has 0 spiro atoms. The lowest BCUT2D eigenvalue weighted by Gasteiger charge is -2.20. The van der Waals surface area contributed by atoms with Crippen LogP contribution in [0, 0.1) is 0 Å². The van der Waals surface area contributed by atoms with E-state index in [4.69, 9.17) is 37.7 Å². The molecule has 2 N–H and O–H groups in total. The fraction of sp³-hybridized carbons (Fsp3) is 0.367. The minimum atomic E-state index is -1.26. The predicted octanol–water partition coefficient (Wildman–Crippen LogP) is 7.68. The molecule has 1 aliphatic carbocycles. The molecule has 1 heterocycles. The zero-order valence-electron chi connectivity index (χ0n) is 22.7. The van der Waals surface area contributed by atoms with Gasteiger partial charge in [0.1, 0.15) is 0 Å². The number of anilines is 1. The Hall–Kier alpha value is -2.91. The number of amides is 1. The Kier molecular flexibility index (Phi) is 10.2. The van der Waals surface area contributed by atoms with Gasteiger partial charge >= 0.3 is 5.97 Å². The molecule has 10 heteroatoms. The van der Waals surface area contributed by atoms with Crippen LogP contribution in [0.2, 0.25) is 10.0 Å². The van der Waals surface area contributed by atoms with Gasteiger partial charge in [-0.1, -0.05) is 61.2 Å². The van der Waals surface area contributed by atoms with Crippen LogP contribution in [0.3, 0.4) is 0 Å². The van der Waals surface area contributed by atoms with Crippen molar-refractivity contribution in [3.05, 3.63) is 73.3 Å². The number of hydrogen-bond acceptors (Lipinski definition) is 6. The number of thiazole rings is 1. The first-order valence-corrected chi connectivity index (χ1v) is 14.8. The maximum atomic E-state index is 13.1. The summed E-state index contributed by atoms with van der Waals surface area (Å²) in [5.74, 6) is -2.00. The third-order valence-electron chi connectivity index (χ3n) is 7.04. The lowest BCUT2D eigenvalue weighted by Crippen LogP contribution is -2.13. The van der Waals surface area contributed by atoms with Crippen molar-refractivity contribution in [3.8, 4) is 11.3 Å². The van der Waals surface area contributed by atoms with Gasteiger partial charge in [-0.3, -0.25) is 10.1 Å². The Labute approximate surface area is 248 Å². The largest absolute Gasteiger partial charge is 0.490 e. The number of ether oxygens (including phenoxy) is 2. The normalized spacial score (nSPS) is 13.4. The fourth-order valence-corrected chi connectivity index (χ4v) is 6.47. The fourth-order valence-electron chi connectivity index (χ4n) is 4.90. The summed E-state index contributed by atoms with van der Waals surface area (Å²) in [5, 5.41) is 12.8. The minimum absolute atomic E-state index is 0.124. The second kappa shape index (κ2) is 13.6. The van der Waals surface area contributed by atoms with Crippen molar-refractivity contribution >= 4 is 57.6 Å². The number of hydrogen-bond donors (Lipinski definition) is 2. The van der Waals surface area contributed by atoms with Gasteiger partial charge in [0.15, 0.2) is 5.13 Å². The van der Waals surface area contributed by atoms with Gasteiger partial charge in [-0.2, -0.15) is 0 Å². The summed E-state index contributed by atoms with van der Waals surface area (Å²) in [6.07, 6.45) is 8.63. The van der Waals surface area contributed by atoms with Crippen LogP contribution in [0.25, 0.3) is 17.3 Å². The van der Waals surface area contributed by atoms with Crippen LogP contribution >= 0.6 is 34.5 Å². The van der Waals surface area contributed by atoms with Gasteiger partial charge in [-0.05, 0) is 61.4 Å². The number of rotatable bonds is 12. The topological polar surface area (TPSA) is 97.8 Å². The average molecular weight is 604 g/mol. The summed E-state index contributed by atoms with van der Waals surface area (Å²) in [6.45, 7) is 2.20. The molecule has 7 nitrogen and oxygen atoms in total. The van der Waals surface area contributed by atoms with E-state index in [0.717, 1.165) is 54.7 Å². The van der Waals surface area contributed by atoms with Crippen LogP contribution in [-0.4, -0.2) is 42.3 Å². The van der Waals surface area contributed by atoms with Gasteiger partial charge < -0.3 is 14.6 Å². The quantitative estimate of drug-likeness (QED) is 0.163. The van der Waals surface area contributed by atoms with Crippen molar-refractivity contribution in [1.29, 1.82) is 0 Å². The lowest BCUT2D eigenvalue weighted by molar-refractivity contribution is -0.135. The number of carboxylic acid groups (broad SMARTS) is 1. The third kappa shape index (κ3) is 6.86. The van der Waals surface area contributed by atoms with Crippen molar-refractivity contribution in [3.63, 3.8) is 0 Å². The summed E-state index contributed by atoms with van der Waals surface area (Å²) in [4.78, 5) is 30.3. The van der Waals surface area contributed by atoms with Gasteiger partial charge in [0.2, 0.25) is 5.76 Å². The van der Waals surface area contributed by atoms with Gasteiger partial charge in [-0.25, -0.2) is 9.78 Å². The van der Waals surface area contributed by atoms with E-state index < -0.39 is 11.9 Å². The van der Waals surface area contributed by atoms with Crippen LogP contribution in [0.1, 0.15) is 64.5 Å². The number of fused-ring (bicyclic) bond motifs is 3. The highest BCUT2D eigenvalue weighted by Crippen LogP contribution is 2.40. The zero-order chi connectivity index (χ0) is 28.8. The summed E-state index contributed by atoms with van der Waals surface area (Å²) >= 11 is 14.1. The number of benzene rings is 2. The lowest BCUT2D eigenvalue weighted by atomic mass is 9.87. The summed E-state index contributed by atoms with van der Waals surface area (Å²) in [6, 6.07) is 9.25. The van der Waals surface area contributed by atoms with Crippen molar-refractivity contribution < 1.29 is 24.2 Å². The van der Waals surface area contributed by atoms with Crippen LogP contribution in [0.4, 0.5) is 5.13 Å². The Morgan fingerprint density at radius 3 is 2.58 bits per heavy atom. The molecule has 0 aliphatic heterocycles. The standard InChI is InChI=1S/C30H32Cl2N2O5S/c1-4-5-8-19(38-2)11-10-17-7-6-9-21-20(17)12-13-26-27(21)33-30(40-26)34-28(35)18-14-23(31)22(24(32)15-18)16-25(39-3)29(36)37/h6-7,9,14-16,19H,4-5,8,10-13H2,1-3H3,(H,36,37)(H,33,34,35)/b25-16-. The molecule has 0 saturated heterocycles. The molecule has 0 saturated carbocycles. The highest BCUT2D eigenvalue weighted by molar-refractivity contribution is 7.16. The molecule has 1 atom stereocenters. The summed E-state index contributed by atoms with van der Waals surface area (Å²) in [5.41, 5.74) is 5.16. The van der Waals surface area contributed by atoms with E-state index >= 15 is 0 Å². The summed E-state index contributed by atoms with van der Waals surface area (Å²) in [7, 11) is 3.03. The number of halogens is 2. The maximum Gasteiger partial charge on any atom is 0.371 e.